The molecule has 0 unspecified atom stereocenters. The zero-order valence-electron chi connectivity index (χ0n) is 17.6. The molecule has 1 aromatic heterocycles. The van der Waals surface area contributed by atoms with E-state index >= 15 is 0 Å². The van der Waals surface area contributed by atoms with Crippen LogP contribution in [0.15, 0.2) is 90.0 Å². The molecule has 7 nitrogen and oxygen atoms in total. The van der Waals surface area contributed by atoms with Gasteiger partial charge < -0.3 is 10.1 Å². The Morgan fingerprint density at radius 3 is 2.25 bits per heavy atom. The van der Waals surface area contributed by atoms with E-state index in [-0.39, 0.29) is 4.90 Å². The maximum Gasteiger partial charge on any atom is 0.261 e. The van der Waals surface area contributed by atoms with Crippen molar-refractivity contribution in [2.75, 3.05) is 17.1 Å². The molecular formula is C24H22N4O3S. The molecule has 0 aliphatic heterocycles. The zero-order valence-corrected chi connectivity index (χ0v) is 18.4. The quantitative estimate of drug-likeness (QED) is 0.415. The number of nitrogens with one attached hydrogen (secondary N) is 2. The fourth-order valence-corrected chi connectivity index (χ4v) is 4.17. The Morgan fingerprint density at radius 1 is 0.844 bits per heavy atom. The Morgan fingerprint density at radius 2 is 1.53 bits per heavy atom. The van der Waals surface area contributed by atoms with Gasteiger partial charge in [-0.15, -0.1) is 0 Å². The second-order valence-electron chi connectivity index (χ2n) is 7.09. The molecule has 8 heteroatoms. The van der Waals surface area contributed by atoms with Gasteiger partial charge in [0.05, 0.1) is 17.7 Å². The molecule has 162 valence electrons. The Hall–Kier alpha value is -3.91. The third kappa shape index (κ3) is 4.87. The van der Waals surface area contributed by atoms with Gasteiger partial charge in [-0.1, -0.05) is 29.8 Å². The lowest BCUT2D eigenvalue weighted by molar-refractivity contribution is 0.416. The molecule has 2 N–H and O–H groups in total. The van der Waals surface area contributed by atoms with Crippen molar-refractivity contribution >= 4 is 27.3 Å². The van der Waals surface area contributed by atoms with Crippen molar-refractivity contribution in [1.82, 2.24) is 9.97 Å². The third-order valence-electron chi connectivity index (χ3n) is 4.76. The van der Waals surface area contributed by atoms with Gasteiger partial charge in [-0.2, -0.15) is 0 Å². The van der Waals surface area contributed by atoms with Crippen LogP contribution in [0.2, 0.25) is 0 Å². The lowest BCUT2D eigenvalue weighted by atomic mass is 10.1. The highest BCUT2D eigenvalue weighted by atomic mass is 32.2. The minimum absolute atomic E-state index is 0.215. The molecule has 32 heavy (non-hydrogen) atoms. The number of hydrogen-bond acceptors (Lipinski definition) is 6. The van der Waals surface area contributed by atoms with Gasteiger partial charge in [0.25, 0.3) is 10.0 Å². The first-order valence-electron chi connectivity index (χ1n) is 9.88. The Bertz CT molecular complexity index is 1320. The van der Waals surface area contributed by atoms with Crippen molar-refractivity contribution in [3.63, 3.8) is 0 Å². The van der Waals surface area contributed by atoms with Gasteiger partial charge in [-0.3, -0.25) is 4.72 Å². The van der Waals surface area contributed by atoms with E-state index in [2.05, 4.69) is 20.0 Å². The number of benzene rings is 3. The number of aryl methyl sites for hydroxylation is 1. The molecule has 0 fully saturated rings. The van der Waals surface area contributed by atoms with Crippen molar-refractivity contribution in [1.29, 1.82) is 0 Å². The number of hydrogen-bond donors (Lipinski definition) is 2. The van der Waals surface area contributed by atoms with Gasteiger partial charge in [-0.05, 0) is 61.5 Å². The molecule has 1 heterocycles. The maximum atomic E-state index is 12.6. The van der Waals surface area contributed by atoms with E-state index in [0.717, 1.165) is 28.3 Å². The highest BCUT2D eigenvalue weighted by molar-refractivity contribution is 7.92. The van der Waals surface area contributed by atoms with E-state index in [1.807, 2.05) is 37.3 Å². The number of aromatic nitrogens is 2. The summed E-state index contributed by atoms with van der Waals surface area (Å²) in [5, 5.41) is 3.14. The summed E-state index contributed by atoms with van der Waals surface area (Å²) in [7, 11) is -2.03. The Kier molecular flexibility index (Phi) is 6.04. The topological polar surface area (TPSA) is 93.2 Å². The number of rotatable bonds is 7. The smallest absolute Gasteiger partial charge is 0.261 e. The first-order valence-corrected chi connectivity index (χ1v) is 11.4. The third-order valence-corrected chi connectivity index (χ3v) is 6.16. The van der Waals surface area contributed by atoms with E-state index < -0.39 is 10.0 Å². The summed E-state index contributed by atoms with van der Waals surface area (Å²) in [6.07, 6.45) is 1.67. The molecule has 0 bridgehead atoms. The molecule has 0 aliphatic rings. The molecule has 4 rings (SSSR count). The summed E-state index contributed by atoms with van der Waals surface area (Å²) < 4.78 is 33.1. The van der Waals surface area contributed by atoms with Gasteiger partial charge in [0.15, 0.2) is 0 Å². The van der Waals surface area contributed by atoms with Crippen LogP contribution in [0.4, 0.5) is 17.3 Å². The summed E-state index contributed by atoms with van der Waals surface area (Å²) in [6.45, 7) is 1.91. The summed E-state index contributed by atoms with van der Waals surface area (Å²) >= 11 is 0. The van der Waals surface area contributed by atoms with E-state index in [4.69, 9.17) is 4.74 Å². The van der Waals surface area contributed by atoms with Crippen molar-refractivity contribution in [3.05, 3.63) is 90.6 Å². The number of ether oxygens (including phenoxy) is 1. The van der Waals surface area contributed by atoms with Gasteiger partial charge in [0.2, 0.25) is 5.95 Å². The van der Waals surface area contributed by atoms with Crippen LogP contribution in [0.5, 0.6) is 5.75 Å². The van der Waals surface area contributed by atoms with Crippen LogP contribution < -0.4 is 14.8 Å². The van der Waals surface area contributed by atoms with Crippen molar-refractivity contribution in [3.8, 4) is 17.0 Å². The maximum absolute atomic E-state index is 12.6. The highest BCUT2D eigenvalue weighted by Gasteiger charge is 2.14. The first-order chi connectivity index (χ1) is 15.4. The lowest BCUT2D eigenvalue weighted by Gasteiger charge is -2.11. The molecule has 0 saturated carbocycles. The van der Waals surface area contributed by atoms with Crippen LogP contribution in [0.3, 0.4) is 0 Å². The predicted octanol–water partition coefficient (Wildman–Crippen LogP) is 5.01. The van der Waals surface area contributed by atoms with E-state index in [0.29, 0.717) is 11.6 Å². The second kappa shape index (κ2) is 9.07. The fourth-order valence-electron chi connectivity index (χ4n) is 3.11. The SMILES string of the molecule is COc1ccccc1-c1ccnc(Nc2ccc(NS(=O)(=O)c3ccc(C)cc3)cc2)n1. The van der Waals surface area contributed by atoms with Crippen molar-refractivity contribution in [2.45, 2.75) is 11.8 Å². The van der Waals surface area contributed by atoms with Crippen LogP contribution in [0, 0.1) is 6.92 Å². The van der Waals surface area contributed by atoms with Gasteiger partial charge in [-0.25, -0.2) is 18.4 Å². The Labute approximate surface area is 187 Å². The number of anilines is 3. The molecule has 0 atom stereocenters. The largest absolute Gasteiger partial charge is 0.496 e. The summed E-state index contributed by atoms with van der Waals surface area (Å²) in [5.41, 5.74) is 3.76. The normalized spacial score (nSPS) is 11.1. The van der Waals surface area contributed by atoms with Crippen molar-refractivity contribution < 1.29 is 13.2 Å². The molecule has 4 aromatic rings. The molecule has 0 radical (unpaired) electrons. The second-order valence-corrected chi connectivity index (χ2v) is 8.77. The molecule has 0 saturated heterocycles. The number of para-hydroxylation sites is 1. The summed E-state index contributed by atoms with van der Waals surface area (Å²) in [6, 6.07) is 23.0. The van der Waals surface area contributed by atoms with Gasteiger partial charge >= 0.3 is 0 Å². The lowest BCUT2D eigenvalue weighted by Crippen LogP contribution is -2.12. The van der Waals surface area contributed by atoms with E-state index in [1.165, 1.54) is 0 Å². The summed E-state index contributed by atoms with van der Waals surface area (Å²) in [4.78, 5) is 9.05. The van der Waals surface area contributed by atoms with Crippen LogP contribution >= 0.6 is 0 Å². The molecular weight excluding hydrogens is 424 g/mol. The van der Waals surface area contributed by atoms with Crippen LogP contribution in [0.25, 0.3) is 11.3 Å². The molecule has 3 aromatic carbocycles. The molecule has 0 spiro atoms. The molecule has 0 aliphatic carbocycles. The Balaban J connectivity index is 1.49. The monoisotopic (exact) mass is 446 g/mol. The number of methoxy groups -OCH3 is 1. The number of sulfonamides is 1. The average molecular weight is 447 g/mol. The minimum atomic E-state index is -3.65. The first kappa shape index (κ1) is 21.3. The standard InChI is InChI=1S/C24H22N4O3S/c1-17-7-13-20(14-8-17)32(29,30)28-19-11-9-18(10-12-19)26-24-25-16-15-22(27-24)21-5-3-4-6-23(21)31-2/h3-16,28H,1-2H3,(H,25,26,27). The fraction of sp³-hybridized carbons (Fsp3) is 0.0833. The van der Waals surface area contributed by atoms with Crippen LogP contribution in [-0.4, -0.2) is 25.5 Å². The van der Waals surface area contributed by atoms with Gasteiger partial charge in [0.1, 0.15) is 5.75 Å². The van der Waals surface area contributed by atoms with E-state index in [1.54, 1.807) is 61.8 Å². The zero-order chi connectivity index (χ0) is 22.6. The van der Waals surface area contributed by atoms with Crippen molar-refractivity contribution in [2.24, 2.45) is 0 Å². The summed E-state index contributed by atoms with van der Waals surface area (Å²) in [5.74, 6) is 1.14. The minimum Gasteiger partial charge on any atom is -0.496 e. The van der Waals surface area contributed by atoms with E-state index in [9.17, 15) is 8.42 Å². The van der Waals surface area contributed by atoms with Crippen LogP contribution in [-0.2, 0) is 10.0 Å². The van der Waals surface area contributed by atoms with Gasteiger partial charge in [0, 0.05) is 23.1 Å². The van der Waals surface area contributed by atoms with Crippen LogP contribution in [0.1, 0.15) is 5.56 Å². The molecule has 0 amide bonds. The highest BCUT2D eigenvalue weighted by Crippen LogP contribution is 2.28. The average Bonchev–Trinajstić information content (AvgIpc) is 2.80. The predicted molar refractivity (Wildman–Crippen MR) is 126 cm³/mol. The number of nitrogens with zero attached hydrogens (tertiary/aromatic N) is 2.